The summed E-state index contributed by atoms with van der Waals surface area (Å²) in [6.45, 7) is 2.40. The van der Waals surface area contributed by atoms with Gasteiger partial charge in [0.2, 0.25) is 5.91 Å². The summed E-state index contributed by atoms with van der Waals surface area (Å²) in [5, 5.41) is 2.42. The number of benzene rings is 2. The highest BCUT2D eigenvalue weighted by molar-refractivity contribution is 6.00. The normalized spacial score (nSPS) is 10.3. The van der Waals surface area contributed by atoms with Crippen LogP contribution >= 0.6 is 0 Å². The predicted octanol–water partition coefficient (Wildman–Crippen LogP) is 3.97. The Hall–Kier alpha value is -2.76. The van der Waals surface area contributed by atoms with Crippen LogP contribution in [-0.2, 0) is 4.79 Å². The molecule has 1 amide bonds. The van der Waals surface area contributed by atoms with Gasteiger partial charge in [0.1, 0.15) is 5.75 Å². The van der Waals surface area contributed by atoms with E-state index in [-0.39, 0.29) is 24.3 Å². The van der Waals surface area contributed by atoms with Crippen LogP contribution in [0.15, 0.2) is 42.5 Å². The molecule has 6 heteroatoms. The van der Waals surface area contributed by atoms with Crippen LogP contribution in [0.25, 0.3) is 0 Å². The summed E-state index contributed by atoms with van der Waals surface area (Å²) in [7, 11) is 0. The molecular weight excluding hydrogens is 316 g/mol. The number of amides is 1. The minimum atomic E-state index is -1.04. The van der Waals surface area contributed by atoms with Crippen molar-refractivity contribution in [2.75, 3.05) is 11.9 Å². The van der Waals surface area contributed by atoms with Gasteiger partial charge in [-0.15, -0.1) is 0 Å². The smallest absolute Gasteiger partial charge is 0.224 e. The number of Topliss-reactive ketones (excluding diaryl/α,β-unsaturated/α-hetero) is 1. The van der Waals surface area contributed by atoms with Crippen LogP contribution in [0, 0.1) is 11.6 Å². The molecule has 0 fully saturated rings. The molecule has 0 saturated heterocycles. The van der Waals surface area contributed by atoms with Gasteiger partial charge in [-0.2, -0.15) is 0 Å². The largest absolute Gasteiger partial charge is 0.494 e. The van der Waals surface area contributed by atoms with E-state index < -0.39 is 17.5 Å². The maximum absolute atomic E-state index is 13.1. The molecule has 0 unspecified atom stereocenters. The molecule has 0 heterocycles. The third-order valence-corrected chi connectivity index (χ3v) is 3.27. The number of rotatable bonds is 7. The molecule has 126 valence electrons. The summed E-state index contributed by atoms with van der Waals surface area (Å²) >= 11 is 0. The number of ketones is 1. The average molecular weight is 333 g/mol. The van der Waals surface area contributed by atoms with Crippen LogP contribution < -0.4 is 10.1 Å². The van der Waals surface area contributed by atoms with Gasteiger partial charge >= 0.3 is 0 Å². The highest BCUT2D eigenvalue weighted by Crippen LogP contribution is 2.16. The summed E-state index contributed by atoms with van der Waals surface area (Å²) in [5.74, 6) is -1.99. The van der Waals surface area contributed by atoms with Crippen molar-refractivity contribution in [1.82, 2.24) is 0 Å². The van der Waals surface area contributed by atoms with Crippen molar-refractivity contribution in [3.8, 4) is 5.75 Å². The maximum atomic E-state index is 13.1. The Labute approximate surface area is 138 Å². The number of ether oxygens (including phenoxy) is 1. The molecule has 4 nitrogen and oxygen atoms in total. The molecule has 0 saturated carbocycles. The minimum absolute atomic E-state index is 0.0174. The number of hydrogen-bond acceptors (Lipinski definition) is 3. The van der Waals surface area contributed by atoms with Gasteiger partial charge in [0.05, 0.1) is 6.61 Å². The summed E-state index contributed by atoms with van der Waals surface area (Å²) < 4.78 is 31.2. The fraction of sp³-hybridized carbons (Fsp3) is 0.222. The van der Waals surface area contributed by atoms with E-state index in [1.807, 2.05) is 6.92 Å². The number of halogens is 2. The number of carbonyl (C=O) groups excluding carboxylic acids is 2. The maximum Gasteiger partial charge on any atom is 0.224 e. The average Bonchev–Trinajstić information content (AvgIpc) is 2.57. The molecule has 24 heavy (non-hydrogen) atoms. The second kappa shape index (κ2) is 8.19. The summed E-state index contributed by atoms with van der Waals surface area (Å²) in [6, 6.07) is 9.74. The van der Waals surface area contributed by atoms with E-state index in [1.54, 1.807) is 24.3 Å². The van der Waals surface area contributed by atoms with E-state index in [1.165, 1.54) is 6.07 Å². The zero-order chi connectivity index (χ0) is 17.5. The first-order valence-corrected chi connectivity index (χ1v) is 7.50. The molecule has 0 aliphatic carbocycles. The number of carbonyl (C=O) groups is 2. The van der Waals surface area contributed by atoms with E-state index >= 15 is 0 Å². The molecule has 2 aromatic carbocycles. The fourth-order valence-electron chi connectivity index (χ4n) is 2.07. The van der Waals surface area contributed by atoms with Crippen molar-refractivity contribution in [3.05, 3.63) is 59.7 Å². The van der Waals surface area contributed by atoms with Crippen LogP contribution in [0.4, 0.5) is 14.5 Å². The second-order valence-corrected chi connectivity index (χ2v) is 5.06. The first-order valence-electron chi connectivity index (χ1n) is 7.50. The van der Waals surface area contributed by atoms with E-state index in [2.05, 4.69) is 5.32 Å². The van der Waals surface area contributed by atoms with Gasteiger partial charge in [0.15, 0.2) is 17.4 Å². The molecule has 0 aliphatic rings. The third-order valence-electron chi connectivity index (χ3n) is 3.27. The fourth-order valence-corrected chi connectivity index (χ4v) is 2.07. The van der Waals surface area contributed by atoms with Crippen molar-refractivity contribution in [2.24, 2.45) is 0 Å². The molecule has 0 aromatic heterocycles. The SMILES string of the molecule is CCOc1ccc(C(=O)CCC(=O)Nc2ccc(F)c(F)c2)cc1. The zero-order valence-corrected chi connectivity index (χ0v) is 13.1. The number of anilines is 1. The first-order chi connectivity index (χ1) is 11.5. The molecule has 0 aliphatic heterocycles. The molecule has 0 radical (unpaired) electrons. The van der Waals surface area contributed by atoms with Crippen molar-refractivity contribution >= 4 is 17.4 Å². The molecule has 1 N–H and O–H groups in total. The highest BCUT2D eigenvalue weighted by atomic mass is 19.2. The van der Waals surface area contributed by atoms with E-state index in [0.29, 0.717) is 17.9 Å². The molecule has 0 bridgehead atoms. The lowest BCUT2D eigenvalue weighted by Crippen LogP contribution is -2.13. The standard InChI is InChI=1S/C18H17F2NO3/c1-2-24-14-6-3-12(4-7-14)17(22)9-10-18(23)21-13-5-8-15(19)16(20)11-13/h3-8,11H,2,9-10H2,1H3,(H,21,23). The monoisotopic (exact) mass is 333 g/mol. The molecule has 0 spiro atoms. The minimum Gasteiger partial charge on any atom is -0.494 e. The van der Waals surface area contributed by atoms with Crippen molar-refractivity contribution in [2.45, 2.75) is 19.8 Å². The van der Waals surface area contributed by atoms with Crippen molar-refractivity contribution in [1.29, 1.82) is 0 Å². The third kappa shape index (κ3) is 4.87. The Kier molecular flexibility index (Phi) is 6.01. The van der Waals surface area contributed by atoms with E-state index in [0.717, 1.165) is 12.1 Å². The lowest BCUT2D eigenvalue weighted by atomic mass is 10.1. The zero-order valence-electron chi connectivity index (χ0n) is 13.1. The molecule has 2 aromatic rings. The van der Waals surface area contributed by atoms with Crippen molar-refractivity contribution < 1.29 is 23.1 Å². The second-order valence-electron chi connectivity index (χ2n) is 5.06. The van der Waals surface area contributed by atoms with Crippen LogP contribution in [0.1, 0.15) is 30.1 Å². The molecular formula is C18H17F2NO3. The number of hydrogen-bond donors (Lipinski definition) is 1. The first kappa shape index (κ1) is 17.6. The number of nitrogens with one attached hydrogen (secondary N) is 1. The Morgan fingerprint density at radius 3 is 2.33 bits per heavy atom. The Morgan fingerprint density at radius 1 is 1.00 bits per heavy atom. The van der Waals surface area contributed by atoms with Gasteiger partial charge in [0, 0.05) is 30.2 Å². The lowest BCUT2D eigenvalue weighted by molar-refractivity contribution is -0.116. The highest BCUT2D eigenvalue weighted by Gasteiger charge is 2.11. The van der Waals surface area contributed by atoms with E-state index in [9.17, 15) is 18.4 Å². The predicted molar refractivity (Wildman–Crippen MR) is 86.2 cm³/mol. The van der Waals surface area contributed by atoms with Crippen molar-refractivity contribution in [3.63, 3.8) is 0 Å². The van der Waals surface area contributed by atoms with Gasteiger partial charge in [-0.3, -0.25) is 9.59 Å². The van der Waals surface area contributed by atoms with Gasteiger partial charge in [-0.1, -0.05) is 0 Å². The summed E-state index contributed by atoms with van der Waals surface area (Å²) in [6.07, 6.45) is -0.0332. The van der Waals surface area contributed by atoms with Crippen LogP contribution in [0.5, 0.6) is 5.75 Å². The van der Waals surface area contributed by atoms with Gasteiger partial charge < -0.3 is 10.1 Å². The van der Waals surface area contributed by atoms with Crippen LogP contribution in [0.2, 0.25) is 0 Å². The Bertz CT molecular complexity index is 730. The Morgan fingerprint density at radius 2 is 1.71 bits per heavy atom. The summed E-state index contributed by atoms with van der Waals surface area (Å²) in [5.41, 5.74) is 0.631. The topological polar surface area (TPSA) is 55.4 Å². The van der Waals surface area contributed by atoms with Crippen LogP contribution in [-0.4, -0.2) is 18.3 Å². The quantitative estimate of drug-likeness (QED) is 0.780. The molecule has 2 rings (SSSR count). The van der Waals surface area contributed by atoms with Gasteiger partial charge in [0.25, 0.3) is 0 Å². The molecule has 0 atom stereocenters. The van der Waals surface area contributed by atoms with Gasteiger partial charge in [-0.25, -0.2) is 8.78 Å². The lowest BCUT2D eigenvalue weighted by Gasteiger charge is -2.06. The van der Waals surface area contributed by atoms with E-state index in [4.69, 9.17) is 4.74 Å². The van der Waals surface area contributed by atoms with Crippen LogP contribution in [0.3, 0.4) is 0 Å². The van der Waals surface area contributed by atoms with Gasteiger partial charge in [-0.05, 0) is 43.3 Å². The Balaban J connectivity index is 1.86. The summed E-state index contributed by atoms with van der Waals surface area (Å²) in [4.78, 5) is 23.8.